The maximum atomic E-state index is 13.1. The van der Waals surface area contributed by atoms with Crippen molar-refractivity contribution < 1.29 is 14.3 Å². The lowest BCUT2D eigenvalue weighted by molar-refractivity contribution is -0.136. The summed E-state index contributed by atoms with van der Waals surface area (Å²) in [6, 6.07) is 7.37. The van der Waals surface area contributed by atoms with E-state index in [4.69, 9.17) is 9.47 Å². The number of aromatic nitrogens is 2. The monoisotopic (exact) mass is 329 g/mol. The number of carbonyl (C=O) groups excluding carboxylic acids is 1. The van der Waals surface area contributed by atoms with E-state index in [0.29, 0.717) is 31.9 Å². The molecule has 0 saturated carbocycles. The minimum absolute atomic E-state index is 0.0943. The molecule has 1 aromatic carbocycles. The predicted octanol–water partition coefficient (Wildman–Crippen LogP) is 2.65. The van der Waals surface area contributed by atoms with E-state index in [9.17, 15) is 4.79 Å². The van der Waals surface area contributed by atoms with E-state index in [0.717, 1.165) is 17.7 Å². The molecule has 0 fully saturated rings. The zero-order valence-electron chi connectivity index (χ0n) is 14.1. The van der Waals surface area contributed by atoms with Crippen LogP contribution in [0.1, 0.15) is 31.4 Å². The van der Waals surface area contributed by atoms with Gasteiger partial charge in [-0.15, -0.1) is 0 Å². The molecule has 0 bridgehead atoms. The van der Waals surface area contributed by atoms with Crippen LogP contribution in [0.25, 0.3) is 0 Å². The zero-order valence-corrected chi connectivity index (χ0v) is 14.1. The van der Waals surface area contributed by atoms with E-state index in [1.165, 1.54) is 0 Å². The van der Waals surface area contributed by atoms with Crippen LogP contribution < -0.4 is 9.47 Å². The topological polar surface area (TPSA) is 56.6 Å². The van der Waals surface area contributed by atoms with Crippen LogP contribution in [0.3, 0.4) is 0 Å². The molecule has 1 unspecified atom stereocenters. The van der Waals surface area contributed by atoms with Crippen LogP contribution >= 0.6 is 0 Å². The number of amides is 1. The maximum absolute atomic E-state index is 13.1. The van der Waals surface area contributed by atoms with Gasteiger partial charge in [0, 0.05) is 31.0 Å². The van der Waals surface area contributed by atoms with Crippen molar-refractivity contribution in [1.29, 1.82) is 0 Å². The van der Waals surface area contributed by atoms with Crippen molar-refractivity contribution in [1.82, 2.24) is 14.7 Å². The molecule has 2 heterocycles. The standard InChI is InChI=1S/C18H23N3O3/c1-3-15(21-11-5-9-19-21)18(22)20-10-6-12-24-17-14(13-20)7-4-8-16(17)23-2/h4-5,7-9,11,15H,3,6,10,12-13H2,1-2H3. The first-order valence-corrected chi connectivity index (χ1v) is 8.31. The van der Waals surface area contributed by atoms with Crippen molar-refractivity contribution >= 4 is 5.91 Å². The van der Waals surface area contributed by atoms with E-state index in [-0.39, 0.29) is 11.9 Å². The number of para-hydroxylation sites is 1. The van der Waals surface area contributed by atoms with Gasteiger partial charge in [0.15, 0.2) is 11.5 Å². The summed E-state index contributed by atoms with van der Waals surface area (Å²) in [5, 5.41) is 4.24. The minimum Gasteiger partial charge on any atom is -0.493 e. The molecule has 128 valence electrons. The molecule has 0 N–H and O–H groups in total. The summed E-state index contributed by atoms with van der Waals surface area (Å²) in [6.07, 6.45) is 5.05. The number of benzene rings is 1. The minimum atomic E-state index is -0.269. The van der Waals surface area contributed by atoms with E-state index in [2.05, 4.69) is 5.10 Å². The first-order chi connectivity index (χ1) is 11.7. The summed E-state index contributed by atoms with van der Waals surface area (Å²) in [6.45, 7) is 3.76. The molecule has 3 rings (SSSR count). The van der Waals surface area contributed by atoms with E-state index >= 15 is 0 Å². The fraction of sp³-hybridized carbons (Fsp3) is 0.444. The zero-order chi connectivity index (χ0) is 16.9. The molecule has 6 heteroatoms. The second kappa shape index (κ2) is 7.38. The Bertz CT molecular complexity index is 685. The SMILES string of the molecule is CCC(C(=O)N1CCCOc2c(cccc2OC)C1)n1cccn1. The molecule has 0 spiro atoms. The molecule has 0 saturated heterocycles. The number of rotatable bonds is 4. The van der Waals surface area contributed by atoms with Crippen LogP contribution in [0.15, 0.2) is 36.7 Å². The Balaban J connectivity index is 1.86. The van der Waals surface area contributed by atoms with Gasteiger partial charge in [0.2, 0.25) is 5.91 Å². The Morgan fingerprint density at radius 1 is 1.42 bits per heavy atom. The number of hydrogen-bond acceptors (Lipinski definition) is 4. The number of methoxy groups -OCH3 is 1. The van der Waals surface area contributed by atoms with Gasteiger partial charge in [-0.2, -0.15) is 5.10 Å². The lowest BCUT2D eigenvalue weighted by atomic mass is 10.1. The summed E-state index contributed by atoms with van der Waals surface area (Å²) >= 11 is 0. The van der Waals surface area contributed by atoms with Gasteiger partial charge >= 0.3 is 0 Å². The summed E-state index contributed by atoms with van der Waals surface area (Å²) in [5.74, 6) is 1.54. The van der Waals surface area contributed by atoms with Gasteiger partial charge in [-0.25, -0.2) is 0 Å². The molecule has 2 aromatic rings. The molecule has 0 radical (unpaired) electrons. The fourth-order valence-electron chi connectivity index (χ4n) is 3.06. The Labute approximate surface area is 142 Å². The highest BCUT2D eigenvalue weighted by Gasteiger charge is 2.27. The third-order valence-electron chi connectivity index (χ3n) is 4.29. The van der Waals surface area contributed by atoms with Gasteiger partial charge in [-0.3, -0.25) is 9.48 Å². The van der Waals surface area contributed by atoms with E-state index < -0.39 is 0 Å². The van der Waals surface area contributed by atoms with Crippen LogP contribution in [-0.2, 0) is 11.3 Å². The molecule has 6 nitrogen and oxygen atoms in total. The molecule has 24 heavy (non-hydrogen) atoms. The Hall–Kier alpha value is -2.50. The lowest BCUT2D eigenvalue weighted by Crippen LogP contribution is -2.39. The summed E-state index contributed by atoms with van der Waals surface area (Å²) in [4.78, 5) is 14.9. The highest BCUT2D eigenvalue weighted by Crippen LogP contribution is 2.33. The highest BCUT2D eigenvalue weighted by atomic mass is 16.5. The second-order valence-corrected chi connectivity index (χ2v) is 5.82. The van der Waals surface area contributed by atoms with Crippen LogP contribution in [0.5, 0.6) is 11.5 Å². The number of carbonyl (C=O) groups is 1. The number of ether oxygens (including phenoxy) is 2. The molecule has 1 atom stereocenters. The Morgan fingerprint density at radius 3 is 3.00 bits per heavy atom. The number of nitrogens with zero attached hydrogens (tertiary/aromatic N) is 3. The van der Waals surface area contributed by atoms with Gasteiger partial charge in [-0.1, -0.05) is 19.1 Å². The molecule has 1 aromatic heterocycles. The van der Waals surface area contributed by atoms with Crippen molar-refractivity contribution in [2.24, 2.45) is 0 Å². The normalized spacial score (nSPS) is 15.7. The smallest absolute Gasteiger partial charge is 0.247 e. The molecule has 1 aliphatic rings. The highest BCUT2D eigenvalue weighted by molar-refractivity contribution is 5.80. The largest absolute Gasteiger partial charge is 0.493 e. The van der Waals surface area contributed by atoms with Gasteiger partial charge in [-0.05, 0) is 25.0 Å². The molecule has 0 aliphatic carbocycles. The van der Waals surface area contributed by atoms with Crippen LogP contribution in [0.2, 0.25) is 0 Å². The van der Waals surface area contributed by atoms with Crippen molar-refractivity contribution in [3.63, 3.8) is 0 Å². The van der Waals surface area contributed by atoms with Crippen molar-refractivity contribution in [2.75, 3.05) is 20.3 Å². The Morgan fingerprint density at radius 2 is 2.29 bits per heavy atom. The average molecular weight is 329 g/mol. The van der Waals surface area contributed by atoms with Crippen LogP contribution in [0, 0.1) is 0 Å². The van der Waals surface area contributed by atoms with Gasteiger partial charge < -0.3 is 14.4 Å². The van der Waals surface area contributed by atoms with Gasteiger partial charge in [0.25, 0.3) is 0 Å². The van der Waals surface area contributed by atoms with Crippen molar-refractivity contribution in [2.45, 2.75) is 32.4 Å². The summed E-state index contributed by atoms with van der Waals surface area (Å²) in [7, 11) is 1.63. The summed E-state index contributed by atoms with van der Waals surface area (Å²) < 4.78 is 13.0. The third kappa shape index (κ3) is 3.22. The van der Waals surface area contributed by atoms with Gasteiger partial charge in [0.05, 0.1) is 13.7 Å². The first-order valence-electron chi connectivity index (χ1n) is 8.31. The van der Waals surface area contributed by atoms with E-state index in [1.807, 2.05) is 42.3 Å². The van der Waals surface area contributed by atoms with Gasteiger partial charge in [0.1, 0.15) is 6.04 Å². The third-order valence-corrected chi connectivity index (χ3v) is 4.29. The molecular formula is C18H23N3O3. The Kier molecular flexibility index (Phi) is 5.03. The second-order valence-electron chi connectivity index (χ2n) is 5.82. The first kappa shape index (κ1) is 16.4. The average Bonchev–Trinajstić information content (AvgIpc) is 3.09. The van der Waals surface area contributed by atoms with E-state index in [1.54, 1.807) is 18.0 Å². The quantitative estimate of drug-likeness (QED) is 0.865. The number of fused-ring (bicyclic) bond motifs is 1. The van der Waals surface area contributed by atoms with Crippen LogP contribution in [-0.4, -0.2) is 40.8 Å². The maximum Gasteiger partial charge on any atom is 0.247 e. The fourth-order valence-corrected chi connectivity index (χ4v) is 3.06. The molecular weight excluding hydrogens is 306 g/mol. The number of hydrogen-bond donors (Lipinski definition) is 0. The van der Waals surface area contributed by atoms with Crippen LogP contribution in [0.4, 0.5) is 0 Å². The van der Waals surface area contributed by atoms with Crippen molar-refractivity contribution in [3.05, 3.63) is 42.2 Å². The van der Waals surface area contributed by atoms with Crippen molar-refractivity contribution in [3.8, 4) is 11.5 Å². The lowest BCUT2D eigenvalue weighted by Gasteiger charge is -2.30. The summed E-state index contributed by atoms with van der Waals surface area (Å²) in [5.41, 5.74) is 0.970. The molecule has 1 amide bonds. The predicted molar refractivity (Wildman–Crippen MR) is 90.1 cm³/mol. The molecule has 1 aliphatic heterocycles.